The predicted molar refractivity (Wildman–Crippen MR) is 46.9 cm³/mol. The van der Waals surface area contributed by atoms with Crippen molar-refractivity contribution in [2.24, 2.45) is 0 Å². The Balaban J connectivity index is 3.28. The van der Waals surface area contributed by atoms with Crippen LogP contribution in [-0.4, -0.2) is 4.98 Å². The fourth-order valence-electron chi connectivity index (χ4n) is 0.631. The highest BCUT2D eigenvalue weighted by atomic mass is 127. The zero-order valence-electron chi connectivity index (χ0n) is 5.49. The fourth-order valence-corrected chi connectivity index (χ4v) is 1.33. The third-order valence-corrected chi connectivity index (χ3v) is 2.38. The second-order valence-corrected chi connectivity index (χ2v) is 3.39. The summed E-state index contributed by atoms with van der Waals surface area (Å²) in [6.45, 7) is 0. The molecule has 0 N–H and O–H groups in total. The van der Waals surface area contributed by atoms with Crippen LogP contribution in [0.3, 0.4) is 0 Å². The highest BCUT2D eigenvalue weighted by Gasteiger charge is 2.17. The fraction of sp³-hybridized carbons (Fsp3) is 0.167. The van der Waals surface area contributed by atoms with Crippen molar-refractivity contribution in [1.82, 2.24) is 4.98 Å². The zero-order chi connectivity index (χ0) is 9.30. The Labute approximate surface area is 85.1 Å². The Hall–Kier alpha value is -0.0400. The molecule has 0 unspecified atom stereocenters. The summed E-state index contributed by atoms with van der Waals surface area (Å²) in [6, 6.07) is 0.898. The molecule has 0 aliphatic heterocycles. The molecule has 0 fully saturated rings. The number of hydrogen-bond donors (Lipinski definition) is 0. The first-order valence-electron chi connectivity index (χ1n) is 2.82. The Kier molecular flexibility index (Phi) is 3.16. The lowest BCUT2D eigenvalue weighted by Crippen LogP contribution is -1.97. The van der Waals surface area contributed by atoms with Crippen molar-refractivity contribution in [3.8, 4) is 0 Å². The molecular weight excluding hydrogens is 305 g/mol. The van der Waals surface area contributed by atoms with E-state index in [2.05, 4.69) is 4.98 Å². The minimum absolute atomic E-state index is 0.188. The largest absolute Gasteiger partial charge is 0.281 e. The molecule has 0 saturated carbocycles. The summed E-state index contributed by atoms with van der Waals surface area (Å²) in [6.07, 6.45) is -2.80. The maximum Gasteiger partial charge on any atom is 0.281 e. The van der Waals surface area contributed by atoms with E-state index in [1.165, 1.54) is 22.6 Å². The van der Waals surface area contributed by atoms with Gasteiger partial charge in [-0.25, -0.2) is 18.2 Å². The van der Waals surface area contributed by atoms with Gasteiger partial charge in [-0.1, -0.05) is 11.6 Å². The van der Waals surface area contributed by atoms with Crippen LogP contribution in [0.15, 0.2) is 6.07 Å². The van der Waals surface area contributed by atoms with Gasteiger partial charge in [0, 0.05) is 6.07 Å². The molecule has 0 bridgehead atoms. The number of rotatable bonds is 1. The molecule has 0 saturated heterocycles. The van der Waals surface area contributed by atoms with E-state index in [0.717, 1.165) is 6.07 Å². The second kappa shape index (κ2) is 3.78. The van der Waals surface area contributed by atoms with E-state index in [0.29, 0.717) is 0 Å². The molecule has 12 heavy (non-hydrogen) atoms. The summed E-state index contributed by atoms with van der Waals surface area (Å²) in [5, 5.41) is -0.261. The van der Waals surface area contributed by atoms with Gasteiger partial charge >= 0.3 is 0 Å². The maximum absolute atomic E-state index is 12.7. The van der Waals surface area contributed by atoms with Gasteiger partial charge in [-0.2, -0.15) is 0 Å². The van der Waals surface area contributed by atoms with E-state index in [9.17, 15) is 13.2 Å². The van der Waals surface area contributed by atoms with Crippen molar-refractivity contribution in [2.75, 3.05) is 0 Å². The lowest BCUT2D eigenvalue weighted by Gasteiger charge is -2.02. The maximum atomic E-state index is 12.7. The van der Waals surface area contributed by atoms with E-state index >= 15 is 0 Å². The molecule has 1 aromatic heterocycles. The third kappa shape index (κ3) is 2.01. The van der Waals surface area contributed by atoms with Crippen molar-refractivity contribution in [1.29, 1.82) is 0 Å². The summed E-state index contributed by atoms with van der Waals surface area (Å²) in [4.78, 5) is 3.30. The van der Waals surface area contributed by atoms with Crippen LogP contribution in [0.4, 0.5) is 13.2 Å². The van der Waals surface area contributed by atoms with Gasteiger partial charge in [0.05, 0.1) is 3.57 Å². The van der Waals surface area contributed by atoms with Crippen molar-refractivity contribution in [3.63, 3.8) is 0 Å². The summed E-state index contributed by atoms with van der Waals surface area (Å²) < 4.78 is 36.7. The summed E-state index contributed by atoms with van der Waals surface area (Å²) >= 11 is 6.74. The average Bonchev–Trinajstić information content (AvgIpc) is 1.96. The molecule has 0 spiro atoms. The van der Waals surface area contributed by atoms with Crippen LogP contribution in [0.1, 0.15) is 12.1 Å². The molecule has 0 aliphatic rings. The number of nitrogens with zero attached hydrogens (tertiary/aromatic N) is 1. The molecule has 0 amide bonds. The normalized spacial score (nSPS) is 10.8. The lowest BCUT2D eigenvalue weighted by atomic mass is 10.3. The van der Waals surface area contributed by atoms with Crippen molar-refractivity contribution >= 4 is 34.2 Å². The van der Waals surface area contributed by atoms with E-state index in [1.807, 2.05) is 0 Å². The second-order valence-electron chi connectivity index (χ2n) is 1.93. The van der Waals surface area contributed by atoms with Crippen LogP contribution >= 0.6 is 34.2 Å². The molecule has 0 atom stereocenters. The van der Waals surface area contributed by atoms with Crippen LogP contribution in [0.25, 0.3) is 0 Å². The number of aromatic nitrogens is 1. The molecule has 1 rings (SSSR count). The minimum Gasteiger partial charge on any atom is -0.234 e. The van der Waals surface area contributed by atoms with Crippen molar-refractivity contribution < 1.29 is 13.2 Å². The topological polar surface area (TPSA) is 12.9 Å². The number of halogens is 5. The SMILES string of the molecule is Fc1cc(Cl)nc(C(F)F)c1I. The first-order chi connectivity index (χ1) is 5.52. The zero-order valence-corrected chi connectivity index (χ0v) is 8.41. The van der Waals surface area contributed by atoms with Crippen LogP contribution in [0.5, 0.6) is 0 Å². The van der Waals surface area contributed by atoms with E-state index < -0.39 is 17.9 Å². The predicted octanol–water partition coefficient (Wildman–Crippen LogP) is 3.42. The molecule has 0 aromatic carbocycles. The molecule has 66 valence electrons. The quantitative estimate of drug-likeness (QED) is 0.572. The van der Waals surface area contributed by atoms with Crippen LogP contribution in [-0.2, 0) is 0 Å². The van der Waals surface area contributed by atoms with E-state index in [-0.39, 0.29) is 8.72 Å². The van der Waals surface area contributed by atoms with E-state index in [4.69, 9.17) is 11.6 Å². The Morgan fingerprint density at radius 3 is 2.58 bits per heavy atom. The monoisotopic (exact) mass is 307 g/mol. The molecule has 1 nitrogen and oxygen atoms in total. The van der Waals surface area contributed by atoms with Gasteiger partial charge in [-0.15, -0.1) is 0 Å². The average molecular weight is 307 g/mol. The lowest BCUT2D eigenvalue weighted by molar-refractivity contribution is 0.144. The van der Waals surface area contributed by atoms with Gasteiger partial charge < -0.3 is 0 Å². The smallest absolute Gasteiger partial charge is 0.234 e. The van der Waals surface area contributed by atoms with Crippen LogP contribution < -0.4 is 0 Å². The number of alkyl halides is 2. The van der Waals surface area contributed by atoms with Gasteiger partial charge in [-0.05, 0) is 22.6 Å². The standard InChI is InChI=1S/C6H2ClF3IN/c7-3-1-2(8)4(11)5(12-3)6(9)10/h1,6H. The molecule has 6 heteroatoms. The first-order valence-corrected chi connectivity index (χ1v) is 4.27. The van der Waals surface area contributed by atoms with Gasteiger partial charge in [0.15, 0.2) is 0 Å². The van der Waals surface area contributed by atoms with Gasteiger partial charge in [0.25, 0.3) is 6.43 Å². The Morgan fingerprint density at radius 2 is 2.08 bits per heavy atom. The summed E-state index contributed by atoms with van der Waals surface area (Å²) in [5.41, 5.74) is -0.611. The Bertz CT molecular complexity index is 305. The van der Waals surface area contributed by atoms with Gasteiger partial charge in [0.1, 0.15) is 16.7 Å². The highest BCUT2D eigenvalue weighted by molar-refractivity contribution is 14.1. The van der Waals surface area contributed by atoms with Gasteiger partial charge in [-0.3, -0.25) is 0 Å². The van der Waals surface area contributed by atoms with Crippen LogP contribution in [0, 0.1) is 9.39 Å². The molecule has 0 radical (unpaired) electrons. The third-order valence-electron chi connectivity index (χ3n) is 1.11. The van der Waals surface area contributed by atoms with Crippen molar-refractivity contribution in [3.05, 3.63) is 26.3 Å². The highest BCUT2D eigenvalue weighted by Crippen LogP contribution is 2.26. The van der Waals surface area contributed by atoms with E-state index in [1.54, 1.807) is 0 Å². The first kappa shape index (κ1) is 10.0. The molecule has 1 heterocycles. The van der Waals surface area contributed by atoms with Crippen molar-refractivity contribution in [2.45, 2.75) is 6.43 Å². The minimum atomic E-state index is -2.80. The summed E-state index contributed by atoms with van der Waals surface area (Å²) in [5.74, 6) is -0.772. The molecule has 0 aliphatic carbocycles. The molecular formula is C6H2ClF3IN. The number of hydrogen-bond acceptors (Lipinski definition) is 1. The summed E-state index contributed by atoms with van der Waals surface area (Å²) in [7, 11) is 0. The Morgan fingerprint density at radius 1 is 1.50 bits per heavy atom. The molecule has 1 aromatic rings. The number of pyridine rings is 1. The van der Waals surface area contributed by atoms with Crippen LogP contribution in [0.2, 0.25) is 5.15 Å². The van der Waals surface area contributed by atoms with Gasteiger partial charge in [0.2, 0.25) is 0 Å².